The van der Waals surface area contributed by atoms with Gasteiger partial charge in [0.1, 0.15) is 4.90 Å². The molecule has 0 heterocycles. The summed E-state index contributed by atoms with van der Waals surface area (Å²) in [5.74, 6) is -2.34. The molecule has 7 nitrogen and oxygen atoms in total. The summed E-state index contributed by atoms with van der Waals surface area (Å²) in [6.07, 6.45) is 0. The zero-order chi connectivity index (χ0) is 13.9. The van der Waals surface area contributed by atoms with Crippen molar-refractivity contribution in [2.24, 2.45) is 0 Å². The van der Waals surface area contributed by atoms with E-state index < -0.39 is 32.5 Å². The number of aromatic carboxylic acids is 1. The normalized spacial score (nSPS) is 10.4. The molecule has 0 amide bonds. The van der Waals surface area contributed by atoms with E-state index in [-0.39, 0.29) is 41.7 Å². The molecular formula is C10H11NaO7S. The van der Waals surface area contributed by atoms with E-state index in [0.29, 0.717) is 6.07 Å². The maximum atomic E-state index is 11.4. The minimum atomic E-state index is -4.72. The molecule has 1 rings (SSSR count). The van der Waals surface area contributed by atoms with Gasteiger partial charge in [-0.1, -0.05) is 0 Å². The fourth-order valence-electron chi connectivity index (χ4n) is 1.25. The van der Waals surface area contributed by atoms with Crippen LogP contribution in [0.1, 0.15) is 27.6 Å². The van der Waals surface area contributed by atoms with Crippen molar-refractivity contribution in [3.05, 3.63) is 29.3 Å². The number of rotatable bonds is 4. The van der Waals surface area contributed by atoms with Crippen molar-refractivity contribution in [3.63, 3.8) is 0 Å². The molecule has 0 atom stereocenters. The summed E-state index contributed by atoms with van der Waals surface area (Å²) in [6, 6.07) is 2.72. The van der Waals surface area contributed by atoms with Crippen LogP contribution in [0, 0.1) is 0 Å². The second kappa shape index (κ2) is 7.01. The van der Waals surface area contributed by atoms with Crippen molar-refractivity contribution in [3.8, 4) is 0 Å². The van der Waals surface area contributed by atoms with Crippen molar-refractivity contribution in [2.45, 2.75) is 11.8 Å². The summed E-state index contributed by atoms with van der Waals surface area (Å²) >= 11 is 0. The van der Waals surface area contributed by atoms with Crippen LogP contribution in [0.2, 0.25) is 0 Å². The third-order valence-electron chi connectivity index (χ3n) is 2.00. The first-order valence-corrected chi connectivity index (χ1v) is 6.23. The van der Waals surface area contributed by atoms with Gasteiger partial charge in [-0.2, -0.15) is 8.42 Å². The Morgan fingerprint density at radius 2 is 1.89 bits per heavy atom. The van der Waals surface area contributed by atoms with Crippen LogP contribution in [-0.2, 0) is 14.9 Å². The Morgan fingerprint density at radius 3 is 2.32 bits per heavy atom. The minimum absolute atomic E-state index is 0. The average Bonchev–Trinajstić information content (AvgIpc) is 2.27. The second-order valence-electron chi connectivity index (χ2n) is 3.21. The molecule has 0 spiro atoms. The van der Waals surface area contributed by atoms with Crippen LogP contribution in [0.4, 0.5) is 0 Å². The third kappa shape index (κ3) is 4.59. The van der Waals surface area contributed by atoms with Gasteiger partial charge in [0.2, 0.25) is 0 Å². The number of carboxylic acids is 1. The van der Waals surface area contributed by atoms with Crippen molar-refractivity contribution in [2.75, 3.05) is 6.61 Å². The predicted octanol–water partition coefficient (Wildman–Crippen LogP) is 0.160. The number of carbonyl (C=O) groups is 2. The van der Waals surface area contributed by atoms with Gasteiger partial charge < -0.3 is 9.84 Å². The first-order chi connectivity index (χ1) is 8.27. The van der Waals surface area contributed by atoms with E-state index in [9.17, 15) is 18.0 Å². The fourth-order valence-corrected chi connectivity index (χ4v) is 1.95. The summed E-state index contributed by atoms with van der Waals surface area (Å²) in [7, 11) is -4.72. The molecule has 0 fully saturated rings. The van der Waals surface area contributed by atoms with Gasteiger partial charge in [0.15, 0.2) is 0 Å². The Bertz CT molecular complexity index is 594. The summed E-state index contributed by atoms with van der Waals surface area (Å²) in [6.45, 7) is 1.54. The molecule has 0 saturated heterocycles. The summed E-state index contributed by atoms with van der Waals surface area (Å²) in [5, 5.41) is 8.72. The molecule has 0 aliphatic rings. The molecule has 19 heavy (non-hydrogen) atoms. The zero-order valence-electron chi connectivity index (χ0n) is 9.28. The van der Waals surface area contributed by atoms with Gasteiger partial charge in [-0.3, -0.25) is 4.55 Å². The Kier molecular flexibility index (Phi) is 6.67. The maximum absolute atomic E-state index is 11.4. The number of hydrogen-bond acceptors (Lipinski definition) is 5. The van der Waals surface area contributed by atoms with Crippen LogP contribution >= 0.6 is 0 Å². The van der Waals surface area contributed by atoms with Crippen molar-refractivity contribution in [1.82, 2.24) is 0 Å². The Labute approximate surface area is 131 Å². The number of carbonyl (C=O) groups excluding carboxylic acids is 1. The van der Waals surface area contributed by atoms with Crippen molar-refractivity contribution in [1.29, 1.82) is 0 Å². The van der Waals surface area contributed by atoms with Gasteiger partial charge in [-0.25, -0.2) is 9.59 Å². The van der Waals surface area contributed by atoms with E-state index >= 15 is 0 Å². The molecule has 0 saturated carbocycles. The molecule has 100 valence electrons. The number of esters is 1. The van der Waals surface area contributed by atoms with Crippen LogP contribution in [-0.4, -0.2) is 66.2 Å². The molecule has 0 aliphatic heterocycles. The van der Waals surface area contributed by atoms with Gasteiger partial charge in [-0.05, 0) is 25.1 Å². The van der Waals surface area contributed by atoms with E-state index in [4.69, 9.17) is 9.66 Å². The van der Waals surface area contributed by atoms with E-state index in [1.165, 1.54) is 6.92 Å². The average molecular weight is 298 g/mol. The third-order valence-corrected chi connectivity index (χ3v) is 2.90. The molecule has 1 aromatic rings. The first-order valence-electron chi connectivity index (χ1n) is 4.79. The standard InChI is InChI=1S/C10H10O7S.Na.H/c1-2-17-10(13)7-4-3-6(9(11)12)5-8(7)18(14,15)16;;/h3-5H,2H2,1H3,(H,11,12)(H,14,15,16);;. The fraction of sp³-hybridized carbons (Fsp3) is 0.200. The van der Waals surface area contributed by atoms with Crippen LogP contribution in [0.5, 0.6) is 0 Å². The van der Waals surface area contributed by atoms with Crippen LogP contribution in [0.25, 0.3) is 0 Å². The molecule has 0 aliphatic carbocycles. The van der Waals surface area contributed by atoms with Gasteiger partial charge in [0.05, 0.1) is 17.7 Å². The molecule has 0 aromatic heterocycles. The molecule has 9 heteroatoms. The van der Waals surface area contributed by atoms with E-state index in [0.717, 1.165) is 12.1 Å². The summed E-state index contributed by atoms with van der Waals surface area (Å²) in [4.78, 5) is 21.4. The monoisotopic (exact) mass is 298 g/mol. The van der Waals surface area contributed by atoms with Gasteiger partial charge in [0, 0.05) is 0 Å². The number of ether oxygens (including phenoxy) is 1. The van der Waals surface area contributed by atoms with Gasteiger partial charge >= 0.3 is 41.5 Å². The van der Waals surface area contributed by atoms with Crippen LogP contribution in [0.15, 0.2) is 23.1 Å². The summed E-state index contributed by atoms with van der Waals surface area (Å²) in [5.41, 5.74) is -0.778. The topological polar surface area (TPSA) is 118 Å². The van der Waals surface area contributed by atoms with Crippen molar-refractivity contribution >= 4 is 51.6 Å². The molecule has 2 N–H and O–H groups in total. The predicted molar refractivity (Wildman–Crippen MR) is 66.3 cm³/mol. The molecule has 1 aromatic carbocycles. The van der Waals surface area contributed by atoms with E-state index in [1.807, 2.05) is 0 Å². The Morgan fingerprint density at radius 1 is 1.32 bits per heavy atom. The van der Waals surface area contributed by atoms with E-state index in [1.54, 1.807) is 0 Å². The summed E-state index contributed by atoms with van der Waals surface area (Å²) < 4.78 is 35.8. The number of carboxylic acid groups (broad SMARTS) is 1. The van der Waals surface area contributed by atoms with Gasteiger partial charge in [0.25, 0.3) is 10.1 Å². The number of hydrogen-bond donors (Lipinski definition) is 2. The molecular weight excluding hydrogens is 287 g/mol. The Balaban J connectivity index is 0.00000324. The molecule has 0 bridgehead atoms. The zero-order valence-corrected chi connectivity index (χ0v) is 10.1. The van der Waals surface area contributed by atoms with Crippen LogP contribution < -0.4 is 0 Å². The molecule has 0 unspecified atom stereocenters. The Hall–Kier alpha value is -0.930. The van der Waals surface area contributed by atoms with E-state index in [2.05, 4.69) is 4.74 Å². The number of benzene rings is 1. The first kappa shape index (κ1) is 18.1. The second-order valence-corrected chi connectivity index (χ2v) is 4.60. The van der Waals surface area contributed by atoms with Gasteiger partial charge in [-0.15, -0.1) is 0 Å². The van der Waals surface area contributed by atoms with Crippen molar-refractivity contribution < 1.29 is 32.4 Å². The van der Waals surface area contributed by atoms with Crippen LogP contribution in [0.3, 0.4) is 0 Å². The molecule has 0 radical (unpaired) electrons. The quantitative estimate of drug-likeness (QED) is 0.461. The SMILES string of the molecule is CCOC(=O)c1ccc(C(=O)O)cc1S(=O)(=O)O.[NaH].